The zero-order chi connectivity index (χ0) is 13.1. The number of rotatable bonds is 3. The van der Waals surface area contributed by atoms with Crippen molar-refractivity contribution in [3.63, 3.8) is 0 Å². The van der Waals surface area contributed by atoms with Crippen LogP contribution in [0.1, 0.15) is 43.6 Å². The minimum absolute atomic E-state index is 0.00444. The van der Waals surface area contributed by atoms with Gasteiger partial charge in [-0.25, -0.2) is 0 Å². The summed E-state index contributed by atoms with van der Waals surface area (Å²) in [5, 5.41) is 2.84. The van der Waals surface area contributed by atoms with E-state index in [9.17, 15) is 4.79 Å². The quantitative estimate of drug-likeness (QED) is 0.841. The number of carbonyl (C=O) groups is 1. The molecule has 17 heavy (non-hydrogen) atoms. The molecule has 0 heterocycles. The maximum atomic E-state index is 11.8. The molecule has 1 rings (SSSR count). The van der Waals surface area contributed by atoms with Gasteiger partial charge in [0.25, 0.3) is 5.91 Å². The summed E-state index contributed by atoms with van der Waals surface area (Å²) in [6, 6.07) is 7.73. The number of hydrogen-bond acceptors (Lipinski definition) is 2. The average molecular weight is 234 g/mol. The molecule has 1 amide bonds. The molecule has 0 aliphatic heterocycles. The molecule has 0 radical (unpaired) electrons. The van der Waals surface area contributed by atoms with E-state index >= 15 is 0 Å². The lowest BCUT2D eigenvalue weighted by Gasteiger charge is -2.19. The van der Waals surface area contributed by atoms with Crippen molar-refractivity contribution in [2.75, 3.05) is 6.54 Å². The molecule has 0 saturated carbocycles. The van der Waals surface area contributed by atoms with Crippen LogP contribution in [0, 0.1) is 0 Å². The summed E-state index contributed by atoms with van der Waals surface area (Å²) in [6.45, 7) is 8.79. The van der Waals surface area contributed by atoms with Gasteiger partial charge in [0.1, 0.15) is 0 Å². The Morgan fingerprint density at radius 1 is 1.29 bits per heavy atom. The number of nitrogens with two attached hydrogens (primary N) is 1. The standard InChI is InChI=1S/C14H22N2O/c1-10(9-15)16-13(17)11-5-7-12(8-6-11)14(2,3)4/h5-8,10H,9,15H2,1-4H3,(H,16,17)/t10-/m1/s1. The van der Waals surface area contributed by atoms with Gasteiger partial charge in [0.05, 0.1) is 0 Å². The van der Waals surface area contributed by atoms with Crippen molar-refractivity contribution in [1.29, 1.82) is 0 Å². The highest BCUT2D eigenvalue weighted by atomic mass is 16.1. The van der Waals surface area contributed by atoms with Gasteiger partial charge in [-0.05, 0) is 30.0 Å². The van der Waals surface area contributed by atoms with E-state index in [4.69, 9.17) is 5.73 Å². The molecule has 0 fully saturated rings. The van der Waals surface area contributed by atoms with Gasteiger partial charge in [-0.15, -0.1) is 0 Å². The smallest absolute Gasteiger partial charge is 0.251 e. The fourth-order valence-electron chi connectivity index (χ4n) is 1.49. The van der Waals surface area contributed by atoms with Crippen LogP contribution in [0.15, 0.2) is 24.3 Å². The van der Waals surface area contributed by atoms with Gasteiger partial charge < -0.3 is 11.1 Å². The molecule has 0 aliphatic carbocycles. The Balaban J connectivity index is 2.78. The zero-order valence-electron chi connectivity index (χ0n) is 11.1. The van der Waals surface area contributed by atoms with Crippen LogP contribution in [0.3, 0.4) is 0 Å². The minimum atomic E-state index is -0.0663. The SMILES string of the molecule is C[C@H](CN)NC(=O)c1ccc(C(C)(C)C)cc1. The minimum Gasteiger partial charge on any atom is -0.348 e. The zero-order valence-corrected chi connectivity index (χ0v) is 11.1. The number of nitrogens with one attached hydrogen (secondary N) is 1. The monoisotopic (exact) mass is 234 g/mol. The predicted octanol–water partition coefficient (Wildman–Crippen LogP) is 2.06. The molecule has 0 aliphatic rings. The number of benzene rings is 1. The second-order valence-electron chi connectivity index (χ2n) is 5.44. The van der Waals surface area contributed by atoms with Crippen LogP contribution < -0.4 is 11.1 Å². The molecule has 0 unspecified atom stereocenters. The van der Waals surface area contributed by atoms with Crippen LogP contribution in [0.5, 0.6) is 0 Å². The maximum absolute atomic E-state index is 11.8. The summed E-state index contributed by atoms with van der Waals surface area (Å²) in [4.78, 5) is 11.8. The lowest BCUT2D eigenvalue weighted by Crippen LogP contribution is -2.37. The first-order valence-corrected chi connectivity index (χ1v) is 5.96. The van der Waals surface area contributed by atoms with Crippen LogP contribution in [-0.4, -0.2) is 18.5 Å². The third kappa shape index (κ3) is 3.86. The lowest BCUT2D eigenvalue weighted by atomic mass is 9.86. The summed E-state index contributed by atoms with van der Waals surface area (Å²) in [5.74, 6) is -0.0663. The Bertz CT molecular complexity index is 376. The van der Waals surface area contributed by atoms with Crippen molar-refractivity contribution in [3.05, 3.63) is 35.4 Å². The van der Waals surface area contributed by atoms with E-state index in [1.165, 1.54) is 5.56 Å². The highest BCUT2D eigenvalue weighted by Gasteiger charge is 2.14. The Hall–Kier alpha value is -1.35. The number of amides is 1. The van der Waals surface area contributed by atoms with Gasteiger partial charge >= 0.3 is 0 Å². The highest BCUT2D eigenvalue weighted by molar-refractivity contribution is 5.94. The summed E-state index contributed by atoms with van der Waals surface area (Å²) >= 11 is 0. The molecule has 0 aromatic heterocycles. The van der Waals surface area contributed by atoms with Gasteiger partial charge in [0, 0.05) is 18.2 Å². The van der Waals surface area contributed by atoms with Crippen molar-refractivity contribution in [1.82, 2.24) is 5.32 Å². The molecule has 0 bridgehead atoms. The van der Waals surface area contributed by atoms with Crippen LogP contribution in [-0.2, 0) is 5.41 Å². The molecule has 3 nitrogen and oxygen atoms in total. The van der Waals surface area contributed by atoms with Crippen LogP contribution in [0.4, 0.5) is 0 Å². The van der Waals surface area contributed by atoms with Gasteiger partial charge in [-0.3, -0.25) is 4.79 Å². The summed E-state index contributed by atoms with van der Waals surface area (Å²) in [7, 11) is 0. The summed E-state index contributed by atoms with van der Waals surface area (Å²) in [6.07, 6.45) is 0. The van der Waals surface area contributed by atoms with Crippen LogP contribution >= 0.6 is 0 Å². The molecule has 1 aromatic rings. The molecule has 94 valence electrons. The van der Waals surface area contributed by atoms with E-state index in [1.54, 1.807) is 0 Å². The lowest BCUT2D eigenvalue weighted by molar-refractivity contribution is 0.0941. The van der Waals surface area contributed by atoms with E-state index in [-0.39, 0.29) is 17.4 Å². The van der Waals surface area contributed by atoms with Gasteiger partial charge in [-0.1, -0.05) is 32.9 Å². The van der Waals surface area contributed by atoms with E-state index in [1.807, 2.05) is 31.2 Å². The van der Waals surface area contributed by atoms with E-state index in [0.29, 0.717) is 12.1 Å². The Labute approximate surface area is 103 Å². The van der Waals surface area contributed by atoms with E-state index in [2.05, 4.69) is 26.1 Å². The summed E-state index contributed by atoms with van der Waals surface area (Å²) in [5.41, 5.74) is 7.48. The second kappa shape index (κ2) is 5.32. The van der Waals surface area contributed by atoms with E-state index < -0.39 is 0 Å². The van der Waals surface area contributed by atoms with Gasteiger partial charge in [0.2, 0.25) is 0 Å². The van der Waals surface area contributed by atoms with Crippen molar-refractivity contribution in [2.24, 2.45) is 5.73 Å². The van der Waals surface area contributed by atoms with Crippen LogP contribution in [0.2, 0.25) is 0 Å². The normalized spacial score (nSPS) is 13.2. The van der Waals surface area contributed by atoms with Crippen molar-refractivity contribution < 1.29 is 4.79 Å². The average Bonchev–Trinajstić information content (AvgIpc) is 2.27. The molecule has 3 N–H and O–H groups in total. The number of carbonyl (C=O) groups excluding carboxylic acids is 1. The molecule has 0 saturated heterocycles. The van der Waals surface area contributed by atoms with Crippen molar-refractivity contribution in [3.8, 4) is 0 Å². The van der Waals surface area contributed by atoms with Gasteiger partial charge in [-0.2, -0.15) is 0 Å². The highest BCUT2D eigenvalue weighted by Crippen LogP contribution is 2.22. The molecule has 1 atom stereocenters. The Morgan fingerprint density at radius 2 is 1.82 bits per heavy atom. The third-order valence-electron chi connectivity index (χ3n) is 2.74. The molecular weight excluding hydrogens is 212 g/mol. The van der Waals surface area contributed by atoms with Crippen molar-refractivity contribution in [2.45, 2.75) is 39.2 Å². The molecule has 3 heteroatoms. The first-order valence-electron chi connectivity index (χ1n) is 5.96. The predicted molar refractivity (Wildman–Crippen MR) is 71.1 cm³/mol. The largest absolute Gasteiger partial charge is 0.348 e. The first kappa shape index (κ1) is 13.7. The Kier molecular flexibility index (Phi) is 4.29. The maximum Gasteiger partial charge on any atom is 0.251 e. The third-order valence-corrected chi connectivity index (χ3v) is 2.74. The van der Waals surface area contributed by atoms with Crippen LogP contribution in [0.25, 0.3) is 0 Å². The summed E-state index contributed by atoms with van der Waals surface area (Å²) < 4.78 is 0. The molecule has 1 aromatic carbocycles. The first-order chi connectivity index (χ1) is 7.84. The fraction of sp³-hybridized carbons (Fsp3) is 0.500. The van der Waals surface area contributed by atoms with Crippen molar-refractivity contribution >= 4 is 5.91 Å². The second-order valence-corrected chi connectivity index (χ2v) is 5.44. The Morgan fingerprint density at radius 3 is 2.24 bits per heavy atom. The van der Waals surface area contributed by atoms with E-state index in [0.717, 1.165) is 0 Å². The fourth-order valence-corrected chi connectivity index (χ4v) is 1.49. The molecular formula is C14H22N2O. The molecule has 0 spiro atoms. The number of hydrogen-bond donors (Lipinski definition) is 2. The topological polar surface area (TPSA) is 55.1 Å². The van der Waals surface area contributed by atoms with Gasteiger partial charge in [0.15, 0.2) is 0 Å².